The number of halogens is 1. The second kappa shape index (κ2) is 7.64. The summed E-state index contributed by atoms with van der Waals surface area (Å²) < 4.78 is 0. The highest BCUT2D eigenvalue weighted by atomic mass is 35.5. The van der Waals surface area contributed by atoms with Crippen LogP contribution in [-0.4, -0.2) is 79.5 Å². The van der Waals surface area contributed by atoms with Crippen molar-refractivity contribution < 1.29 is 14.4 Å². The van der Waals surface area contributed by atoms with Gasteiger partial charge >= 0.3 is 12.1 Å². The average Bonchev–Trinajstić information content (AvgIpc) is 2.85. The Morgan fingerprint density at radius 1 is 1.22 bits per heavy atom. The number of nitrogens with one attached hydrogen (secondary N) is 2. The molecule has 146 valence electrons. The number of hydrogen-bond donors (Lipinski definition) is 2. The zero-order valence-corrected chi connectivity index (χ0v) is 16.3. The number of carbonyl (C=O) groups excluding carboxylic acids is 3. The number of nitrogens with zero attached hydrogens (tertiary/aromatic N) is 3. The van der Waals surface area contributed by atoms with E-state index >= 15 is 0 Å². The third-order valence-electron chi connectivity index (χ3n) is 4.90. The molecule has 0 saturated carbocycles. The lowest BCUT2D eigenvalue weighted by atomic mass is 9.86. The first kappa shape index (κ1) is 19.3. The predicted octanol–water partition coefficient (Wildman–Crippen LogP) is 1.68. The van der Waals surface area contributed by atoms with Gasteiger partial charge in [0.05, 0.1) is 0 Å². The van der Waals surface area contributed by atoms with Crippen LogP contribution in [0.15, 0.2) is 24.3 Å². The number of urea groups is 2. The number of amides is 5. The van der Waals surface area contributed by atoms with Crippen LogP contribution in [0.25, 0.3) is 0 Å². The molecule has 1 atom stereocenters. The third-order valence-corrected chi connectivity index (χ3v) is 5.14. The Balaban J connectivity index is 1.78. The van der Waals surface area contributed by atoms with Crippen molar-refractivity contribution in [3.05, 3.63) is 29.3 Å². The van der Waals surface area contributed by atoms with Crippen molar-refractivity contribution in [3.63, 3.8) is 0 Å². The first-order valence-corrected chi connectivity index (χ1v) is 9.20. The molecule has 9 heteroatoms. The Hall–Kier alpha value is -2.48. The van der Waals surface area contributed by atoms with Crippen molar-refractivity contribution in [2.45, 2.75) is 6.42 Å². The molecule has 2 saturated heterocycles. The Morgan fingerprint density at radius 2 is 1.93 bits per heavy atom. The van der Waals surface area contributed by atoms with Crippen molar-refractivity contribution in [1.29, 1.82) is 0 Å². The minimum absolute atomic E-state index is 0.0515. The predicted molar refractivity (Wildman–Crippen MR) is 103 cm³/mol. The molecular weight excluding hydrogens is 370 g/mol. The highest BCUT2D eigenvalue weighted by molar-refractivity contribution is 6.30. The zero-order valence-electron chi connectivity index (χ0n) is 15.5. The summed E-state index contributed by atoms with van der Waals surface area (Å²) in [5.41, 5.74) is 0.123. The van der Waals surface area contributed by atoms with Gasteiger partial charge in [0.25, 0.3) is 0 Å². The number of carbonyl (C=O) groups is 3. The molecule has 2 fully saturated rings. The minimum atomic E-state index is -0.481. The van der Waals surface area contributed by atoms with E-state index in [0.717, 1.165) is 0 Å². The second-order valence-corrected chi connectivity index (χ2v) is 7.85. The van der Waals surface area contributed by atoms with E-state index in [-0.39, 0.29) is 18.0 Å². The van der Waals surface area contributed by atoms with Gasteiger partial charge in [0.1, 0.15) is 0 Å². The monoisotopic (exact) mass is 393 g/mol. The van der Waals surface area contributed by atoms with Gasteiger partial charge in [-0.3, -0.25) is 4.79 Å². The maximum absolute atomic E-state index is 12.8. The van der Waals surface area contributed by atoms with Gasteiger partial charge in [-0.15, -0.1) is 0 Å². The first-order chi connectivity index (χ1) is 12.8. The molecule has 1 aromatic carbocycles. The second-order valence-electron chi connectivity index (χ2n) is 7.41. The molecule has 0 bridgehead atoms. The summed E-state index contributed by atoms with van der Waals surface area (Å²) >= 11 is 5.98. The Kier molecular flexibility index (Phi) is 5.46. The zero-order chi connectivity index (χ0) is 19.6. The van der Waals surface area contributed by atoms with E-state index in [4.69, 9.17) is 11.6 Å². The number of benzene rings is 1. The molecule has 0 unspecified atom stereocenters. The molecule has 8 nitrogen and oxygen atoms in total. The summed E-state index contributed by atoms with van der Waals surface area (Å²) in [7, 11) is 3.39. The van der Waals surface area contributed by atoms with Crippen LogP contribution in [0.2, 0.25) is 5.02 Å². The minimum Gasteiger partial charge on any atom is -0.355 e. The summed E-state index contributed by atoms with van der Waals surface area (Å²) in [5, 5.41) is 6.23. The molecule has 1 spiro atoms. The number of anilines is 1. The van der Waals surface area contributed by atoms with Crippen LogP contribution in [0.4, 0.5) is 15.3 Å². The lowest BCUT2D eigenvalue weighted by Crippen LogP contribution is -2.47. The van der Waals surface area contributed by atoms with Gasteiger partial charge in [-0.1, -0.05) is 17.7 Å². The maximum Gasteiger partial charge on any atom is 0.321 e. The first-order valence-electron chi connectivity index (χ1n) is 8.82. The van der Waals surface area contributed by atoms with Gasteiger partial charge in [0.2, 0.25) is 5.91 Å². The van der Waals surface area contributed by atoms with Gasteiger partial charge in [-0.25, -0.2) is 9.59 Å². The smallest absolute Gasteiger partial charge is 0.321 e. The molecule has 2 N–H and O–H groups in total. The molecule has 0 aromatic heterocycles. The van der Waals surface area contributed by atoms with E-state index in [1.165, 1.54) is 4.90 Å². The quantitative estimate of drug-likeness (QED) is 0.761. The maximum atomic E-state index is 12.8. The van der Waals surface area contributed by atoms with E-state index in [1.807, 2.05) is 0 Å². The van der Waals surface area contributed by atoms with Crippen molar-refractivity contribution in [2.24, 2.45) is 5.41 Å². The highest BCUT2D eigenvalue weighted by Gasteiger charge is 2.45. The van der Waals surface area contributed by atoms with Crippen LogP contribution in [0.3, 0.4) is 0 Å². The van der Waals surface area contributed by atoms with E-state index in [9.17, 15) is 14.4 Å². The van der Waals surface area contributed by atoms with Crippen LogP contribution < -0.4 is 10.6 Å². The highest BCUT2D eigenvalue weighted by Crippen LogP contribution is 2.31. The number of hydrogen-bond acceptors (Lipinski definition) is 3. The van der Waals surface area contributed by atoms with Gasteiger partial charge in [0, 0.05) is 69.4 Å². The van der Waals surface area contributed by atoms with E-state index in [0.29, 0.717) is 49.9 Å². The van der Waals surface area contributed by atoms with Crippen molar-refractivity contribution in [2.75, 3.05) is 52.1 Å². The van der Waals surface area contributed by atoms with Gasteiger partial charge in [-0.2, -0.15) is 0 Å². The molecule has 3 rings (SSSR count). The van der Waals surface area contributed by atoms with E-state index in [1.54, 1.807) is 48.2 Å². The van der Waals surface area contributed by atoms with Crippen LogP contribution in [0.5, 0.6) is 0 Å². The molecule has 1 aromatic rings. The SMILES string of the molecule is CN(C)C(=O)N1CCN(C(=O)Nc2cccc(Cl)c2)C[C@@]2(CNC(=O)C2)C1. The van der Waals surface area contributed by atoms with Crippen LogP contribution in [0, 0.1) is 5.41 Å². The molecule has 0 aliphatic carbocycles. The Morgan fingerprint density at radius 3 is 2.56 bits per heavy atom. The lowest BCUT2D eigenvalue weighted by molar-refractivity contribution is -0.119. The fourth-order valence-electron chi connectivity index (χ4n) is 3.62. The summed E-state index contributed by atoms with van der Waals surface area (Å²) in [4.78, 5) is 42.1. The topological polar surface area (TPSA) is 85.0 Å². The van der Waals surface area contributed by atoms with Gasteiger partial charge < -0.3 is 25.3 Å². The fraction of sp³-hybridized carbons (Fsp3) is 0.500. The average molecular weight is 394 g/mol. The van der Waals surface area contributed by atoms with Crippen molar-refractivity contribution >= 4 is 35.3 Å². The summed E-state index contributed by atoms with van der Waals surface area (Å²) in [6.07, 6.45) is 0.297. The van der Waals surface area contributed by atoms with E-state index in [2.05, 4.69) is 10.6 Å². The Bertz CT molecular complexity index is 756. The van der Waals surface area contributed by atoms with Crippen LogP contribution >= 0.6 is 11.6 Å². The Labute approximate surface area is 163 Å². The van der Waals surface area contributed by atoms with Crippen molar-refractivity contribution in [3.8, 4) is 0 Å². The van der Waals surface area contributed by atoms with Crippen LogP contribution in [0.1, 0.15) is 6.42 Å². The summed E-state index contributed by atoms with van der Waals surface area (Å²) in [5.74, 6) is -0.0515. The van der Waals surface area contributed by atoms with Crippen molar-refractivity contribution in [1.82, 2.24) is 20.0 Å². The molecular formula is C18H24ClN5O3. The molecule has 0 radical (unpaired) electrons. The standard InChI is InChI=1S/C18H24ClN5O3/c1-22(2)17(27)24-7-6-23(11-18(12-24)9-15(25)20-10-18)16(26)21-14-5-3-4-13(19)8-14/h3-5,8H,6-7,9-12H2,1-2H3,(H,20,25)(H,21,26)/t18-/m1/s1. The largest absolute Gasteiger partial charge is 0.355 e. The van der Waals surface area contributed by atoms with E-state index < -0.39 is 5.41 Å². The molecule has 2 heterocycles. The van der Waals surface area contributed by atoms with Gasteiger partial charge in [0.15, 0.2) is 0 Å². The normalized spacial score (nSPS) is 22.4. The summed E-state index contributed by atoms with van der Waals surface area (Å²) in [6.45, 7) is 2.08. The third kappa shape index (κ3) is 4.44. The van der Waals surface area contributed by atoms with Gasteiger partial charge in [-0.05, 0) is 18.2 Å². The molecule has 2 aliphatic heterocycles. The molecule has 27 heavy (non-hydrogen) atoms. The fourth-order valence-corrected chi connectivity index (χ4v) is 3.81. The van der Waals surface area contributed by atoms with Crippen LogP contribution in [-0.2, 0) is 4.79 Å². The number of rotatable bonds is 1. The molecule has 2 aliphatic rings. The summed E-state index contributed by atoms with van der Waals surface area (Å²) in [6, 6.07) is 6.55. The molecule has 5 amide bonds. The lowest BCUT2D eigenvalue weighted by Gasteiger charge is -2.33.